The van der Waals surface area contributed by atoms with Crippen molar-refractivity contribution in [2.75, 3.05) is 5.73 Å². The number of anilines is 1. The van der Waals surface area contributed by atoms with Crippen LogP contribution in [0.2, 0.25) is 0 Å². The average Bonchev–Trinajstić information content (AvgIpc) is 2.56. The van der Waals surface area contributed by atoms with Gasteiger partial charge >= 0.3 is 0 Å². The molecular weight excluding hydrogens is 290 g/mol. The summed E-state index contributed by atoms with van der Waals surface area (Å²) in [5, 5.41) is 11.4. The van der Waals surface area contributed by atoms with Crippen molar-refractivity contribution in [3.63, 3.8) is 0 Å². The van der Waals surface area contributed by atoms with Gasteiger partial charge in [-0.3, -0.25) is 9.78 Å². The second kappa shape index (κ2) is 4.84. The van der Waals surface area contributed by atoms with E-state index in [4.69, 9.17) is 5.73 Å². The van der Waals surface area contributed by atoms with Gasteiger partial charge in [0.05, 0.1) is 11.0 Å². The number of aromatic amines is 1. The van der Waals surface area contributed by atoms with Crippen LogP contribution in [0.3, 0.4) is 0 Å². The fourth-order valence-electron chi connectivity index (χ4n) is 2.91. The van der Waals surface area contributed by atoms with Gasteiger partial charge in [0.15, 0.2) is 0 Å². The van der Waals surface area contributed by atoms with Crippen LogP contribution in [0, 0.1) is 0 Å². The van der Waals surface area contributed by atoms with Gasteiger partial charge in [0.25, 0.3) is 5.56 Å². The van der Waals surface area contributed by atoms with Crippen molar-refractivity contribution in [2.24, 2.45) is 0 Å². The summed E-state index contributed by atoms with van der Waals surface area (Å²) in [4.78, 5) is 19.4. The molecule has 0 amide bonds. The van der Waals surface area contributed by atoms with Gasteiger partial charge in [0, 0.05) is 22.5 Å². The molecule has 23 heavy (non-hydrogen) atoms. The number of nitrogens with two attached hydrogens (primary N) is 1. The fourth-order valence-corrected chi connectivity index (χ4v) is 2.91. The number of nitrogen functional groups attached to an aromatic ring is 1. The van der Waals surface area contributed by atoms with Crippen molar-refractivity contribution < 1.29 is 5.11 Å². The van der Waals surface area contributed by atoms with Crippen molar-refractivity contribution >= 4 is 27.5 Å². The monoisotopic (exact) mass is 303 g/mol. The Hall–Kier alpha value is -3.34. The second-order valence-corrected chi connectivity index (χ2v) is 5.35. The first kappa shape index (κ1) is 13.3. The van der Waals surface area contributed by atoms with Crippen molar-refractivity contribution in [1.29, 1.82) is 0 Å². The third kappa shape index (κ3) is 2.02. The van der Waals surface area contributed by atoms with E-state index in [2.05, 4.69) is 9.97 Å². The molecule has 4 rings (SSSR count). The number of aromatic hydroxyl groups is 1. The molecule has 0 aliphatic heterocycles. The van der Waals surface area contributed by atoms with Gasteiger partial charge in [-0.2, -0.15) is 0 Å². The lowest BCUT2D eigenvalue weighted by Crippen LogP contribution is -2.13. The van der Waals surface area contributed by atoms with Gasteiger partial charge in [-0.05, 0) is 42.0 Å². The van der Waals surface area contributed by atoms with Gasteiger partial charge in [-0.15, -0.1) is 0 Å². The molecule has 0 aliphatic rings. The molecule has 0 spiro atoms. The van der Waals surface area contributed by atoms with E-state index in [9.17, 15) is 9.90 Å². The maximum absolute atomic E-state index is 12.3. The zero-order chi connectivity index (χ0) is 16.0. The van der Waals surface area contributed by atoms with Gasteiger partial charge in [0.1, 0.15) is 11.4 Å². The number of phenolic OH excluding ortho intramolecular Hbond substituents is 1. The van der Waals surface area contributed by atoms with Crippen LogP contribution in [-0.2, 0) is 0 Å². The van der Waals surface area contributed by atoms with Crippen LogP contribution in [0.5, 0.6) is 5.75 Å². The molecule has 0 unspecified atom stereocenters. The number of H-pyrrole nitrogens is 1. The zero-order valence-corrected chi connectivity index (χ0v) is 12.1. The molecule has 0 saturated heterocycles. The molecule has 0 fully saturated rings. The smallest absolute Gasteiger partial charge is 0.272 e. The van der Waals surface area contributed by atoms with Gasteiger partial charge in [0.2, 0.25) is 0 Å². The first-order valence-corrected chi connectivity index (χ1v) is 7.14. The summed E-state index contributed by atoms with van der Waals surface area (Å²) in [6, 6.07) is 14.2. The summed E-state index contributed by atoms with van der Waals surface area (Å²) in [5.74, 6) is 0.123. The first-order chi connectivity index (χ1) is 11.1. The van der Waals surface area contributed by atoms with E-state index in [0.717, 1.165) is 16.3 Å². The number of fused-ring (bicyclic) bond motifs is 3. The number of rotatable bonds is 1. The molecule has 0 aliphatic carbocycles. The molecule has 0 bridgehead atoms. The molecule has 0 saturated carbocycles. The van der Waals surface area contributed by atoms with Crippen LogP contribution >= 0.6 is 0 Å². The van der Waals surface area contributed by atoms with Gasteiger partial charge in [-0.25, -0.2) is 0 Å². The maximum Gasteiger partial charge on any atom is 0.272 e. The highest BCUT2D eigenvalue weighted by Gasteiger charge is 2.14. The number of hydrogen-bond donors (Lipinski definition) is 3. The van der Waals surface area contributed by atoms with Crippen LogP contribution in [0.25, 0.3) is 32.9 Å². The Kier molecular flexibility index (Phi) is 2.81. The lowest BCUT2D eigenvalue weighted by molar-refractivity contribution is 0.475. The minimum Gasteiger partial charge on any atom is -0.508 e. The van der Waals surface area contributed by atoms with E-state index in [-0.39, 0.29) is 17.0 Å². The van der Waals surface area contributed by atoms with Crippen molar-refractivity contribution in [3.8, 4) is 16.9 Å². The summed E-state index contributed by atoms with van der Waals surface area (Å²) in [7, 11) is 0. The van der Waals surface area contributed by atoms with E-state index in [1.165, 1.54) is 0 Å². The lowest BCUT2D eigenvalue weighted by Gasteiger charge is -2.12. The Morgan fingerprint density at radius 3 is 2.74 bits per heavy atom. The predicted molar refractivity (Wildman–Crippen MR) is 91.4 cm³/mol. The van der Waals surface area contributed by atoms with Crippen LogP contribution in [0.4, 0.5) is 5.69 Å². The third-order valence-electron chi connectivity index (χ3n) is 3.94. The van der Waals surface area contributed by atoms with E-state index in [1.54, 1.807) is 24.4 Å². The minimum atomic E-state index is -0.354. The quantitative estimate of drug-likeness (QED) is 0.471. The predicted octanol–water partition coefficient (Wildman–Crippen LogP) is 3.03. The number of aromatic nitrogens is 2. The molecule has 2 aromatic heterocycles. The molecule has 4 N–H and O–H groups in total. The third-order valence-corrected chi connectivity index (χ3v) is 3.94. The average molecular weight is 303 g/mol. The molecular formula is C18H13N3O2. The van der Waals surface area contributed by atoms with Crippen LogP contribution in [0.15, 0.2) is 59.5 Å². The van der Waals surface area contributed by atoms with Gasteiger partial charge < -0.3 is 15.8 Å². The van der Waals surface area contributed by atoms with Crippen LogP contribution in [-0.4, -0.2) is 15.1 Å². The number of nitrogens with one attached hydrogen (secondary N) is 1. The summed E-state index contributed by atoms with van der Waals surface area (Å²) in [6.07, 6.45) is 1.71. The molecule has 112 valence electrons. The fraction of sp³-hybridized carbons (Fsp3) is 0. The first-order valence-electron chi connectivity index (χ1n) is 7.14. The highest BCUT2D eigenvalue weighted by molar-refractivity contribution is 6.11. The lowest BCUT2D eigenvalue weighted by atomic mass is 9.98. The maximum atomic E-state index is 12.3. The molecule has 0 atom stereocenters. The normalized spacial score (nSPS) is 11.1. The van der Waals surface area contributed by atoms with Crippen molar-refractivity contribution in [3.05, 3.63) is 65.1 Å². The summed E-state index contributed by atoms with van der Waals surface area (Å²) in [5.41, 5.74) is 8.60. The Bertz CT molecular complexity index is 1120. The Morgan fingerprint density at radius 1 is 1.04 bits per heavy atom. The summed E-state index contributed by atoms with van der Waals surface area (Å²) >= 11 is 0. The number of phenols is 1. The van der Waals surface area contributed by atoms with E-state index in [0.29, 0.717) is 16.6 Å². The second-order valence-electron chi connectivity index (χ2n) is 5.35. The molecule has 5 nitrogen and oxygen atoms in total. The van der Waals surface area contributed by atoms with Crippen molar-refractivity contribution in [2.45, 2.75) is 0 Å². The topological polar surface area (TPSA) is 92.0 Å². The molecule has 2 aromatic carbocycles. The van der Waals surface area contributed by atoms with Gasteiger partial charge in [-0.1, -0.05) is 12.1 Å². The standard InChI is InChI=1S/C18H13N3O2/c19-16-15(10-3-1-4-11(22)9-10)13-6-7-14-12(5-2-8-20-14)17(13)21-18(16)23/h1-9,22H,19H2,(H,21,23). The molecule has 0 radical (unpaired) electrons. The molecule has 2 heterocycles. The van der Waals surface area contributed by atoms with E-state index in [1.807, 2.05) is 30.3 Å². The van der Waals surface area contributed by atoms with E-state index >= 15 is 0 Å². The van der Waals surface area contributed by atoms with Crippen LogP contribution < -0.4 is 11.3 Å². The summed E-state index contributed by atoms with van der Waals surface area (Å²) in [6.45, 7) is 0. The molecule has 5 heteroatoms. The van der Waals surface area contributed by atoms with Crippen molar-refractivity contribution in [1.82, 2.24) is 9.97 Å². The largest absolute Gasteiger partial charge is 0.508 e. The van der Waals surface area contributed by atoms with Crippen LogP contribution in [0.1, 0.15) is 0 Å². The SMILES string of the molecule is Nc1c(-c2cccc(O)c2)c2ccc3ncccc3c2[nH]c1=O. The number of nitrogens with zero attached hydrogens (tertiary/aromatic N) is 1. The minimum absolute atomic E-state index is 0.123. The Balaban J connectivity index is 2.21. The summed E-state index contributed by atoms with van der Waals surface area (Å²) < 4.78 is 0. The highest BCUT2D eigenvalue weighted by atomic mass is 16.3. The number of benzene rings is 2. The Labute approximate surface area is 131 Å². The number of hydrogen-bond acceptors (Lipinski definition) is 4. The highest BCUT2D eigenvalue weighted by Crippen LogP contribution is 2.34. The Morgan fingerprint density at radius 2 is 1.91 bits per heavy atom. The zero-order valence-electron chi connectivity index (χ0n) is 12.1. The number of pyridine rings is 2. The van der Waals surface area contributed by atoms with E-state index < -0.39 is 0 Å². The molecule has 4 aromatic rings.